The molecule has 0 aliphatic heterocycles. The number of carbonyl (C=O) groups excluding carboxylic acids is 1. The van der Waals surface area contributed by atoms with Gasteiger partial charge < -0.3 is 10.1 Å². The number of ether oxygens (including phenoxy) is 1. The Morgan fingerprint density at radius 1 is 1.33 bits per heavy atom. The summed E-state index contributed by atoms with van der Waals surface area (Å²) in [5, 5.41) is 3.29. The summed E-state index contributed by atoms with van der Waals surface area (Å²) in [4.78, 5) is 11.1. The summed E-state index contributed by atoms with van der Waals surface area (Å²) in [6, 6.07) is 0. The second-order valence-electron chi connectivity index (χ2n) is 4.44. The Kier molecular flexibility index (Phi) is 8.38. The fraction of sp³-hybridized carbons (Fsp3) is 0.917. The van der Waals surface area contributed by atoms with Gasteiger partial charge in [0, 0.05) is 13.0 Å². The fourth-order valence-electron chi connectivity index (χ4n) is 1.23. The van der Waals surface area contributed by atoms with Gasteiger partial charge >= 0.3 is 5.97 Å². The summed E-state index contributed by atoms with van der Waals surface area (Å²) in [5.74, 6) is 0.631. The molecule has 15 heavy (non-hydrogen) atoms. The standard InChI is InChI=1S/C12H25NO2/c1-5-6-12(14)15-11(4)9-13-8-7-10(2)3/h10-11,13H,5-9H2,1-4H3. The number of rotatable bonds is 8. The van der Waals surface area contributed by atoms with Gasteiger partial charge in [-0.15, -0.1) is 0 Å². The van der Waals surface area contributed by atoms with Gasteiger partial charge in [-0.05, 0) is 32.2 Å². The lowest BCUT2D eigenvalue weighted by Crippen LogP contribution is -2.29. The molecular formula is C12H25NO2. The molecule has 0 aliphatic rings. The van der Waals surface area contributed by atoms with Crippen LogP contribution < -0.4 is 5.32 Å². The van der Waals surface area contributed by atoms with Crippen LogP contribution >= 0.6 is 0 Å². The average molecular weight is 215 g/mol. The first-order valence-electron chi connectivity index (χ1n) is 5.96. The van der Waals surface area contributed by atoms with E-state index < -0.39 is 0 Å². The maximum Gasteiger partial charge on any atom is 0.306 e. The van der Waals surface area contributed by atoms with Crippen LogP contribution in [0.2, 0.25) is 0 Å². The van der Waals surface area contributed by atoms with E-state index in [4.69, 9.17) is 4.74 Å². The fourth-order valence-corrected chi connectivity index (χ4v) is 1.23. The molecule has 0 saturated carbocycles. The molecular weight excluding hydrogens is 190 g/mol. The van der Waals surface area contributed by atoms with Crippen molar-refractivity contribution in [1.82, 2.24) is 5.32 Å². The maximum absolute atomic E-state index is 11.1. The van der Waals surface area contributed by atoms with Crippen molar-refractivity contribution in [3.05, 3.63) is 0 Å². The van der Waals surface area contributed by atoms with Gasteiger partial charge in [-0.2, -0.15) is 0 Å². The molecule has 0 bridgehead atoms. The Bertz CT molecular complexity index is 169. The van der Waals surface area contributed by atoms with Crippen LogP contribution in [0.4, 0.5) is 0 Å². The molecule has 3 heteroatoms. The number of esters is 1. The Labute approximate surface area is 93.6 Å². The molecule has 1 atom stereocenters. The molecule has 0 radical (unpaired) electrons. The van der Waals surface area contributed by atoms with E-state index in [2.05, 4.69) is 19.2 Å². The molecule has 0 amide bonds. The molecule has 0 rings (SSSR count). The highest BCUT2D eigenvalue weighted by Gasteiger charge is 2.07. The Morgan fingerprint density at radius 2 is 2.00 bits per heavy atom. The van der Waals surface area contributed by atoms with Gasteiger partial charge in [0.1, 0.15) is 6.10 Å². The van der Waals surface area contributed by atoms with Crippen LogP contribution in [0.15, 0.2) is 0 Å². The maximum atomic E-state index is 11.1. The van der Waals surface area contributed by atoms with Gasteiger partial charge in [-0.1, -0.05) is 20.8 Å². The number of hydrogen-bond acceptors (Lipinski definition) is 3. The molecule has 0 aromatic rings. The quantitative estimate of drug-likeness (QED) is 0.499. The highest BCUT2D eigenvalue weighted by Crippen LogP contribution is 1.98. The number of nitrogens with one attached hydrogen (secondary N) is 1. The molecule has 0 aromatic carbocycles. The van der Waals surface area contributed by atoms with E-state index in [9.17, 15) is 4.79 Å². The summed E-state index contributed by atoms with van der Waals surface area (Å²) < 4.78 is 5.20. The zero-order valence-electron chi connectivity index (χ0n) is 10.5. The van der Waals surface area contributed by atoms with Crippen molar-refractivity contribution >= 4 is 5.97 Å². The van der Waals surface area contributed by atoms with Crippen LogP contribution in [0.25, 0.3) is 0 Å². The first-order chi connectivity index (χ1) is 7.06. The lowest BCUT2D eigenvalue weighted by atomic mass is 10.1. The van der Waals surface area contributed by atoms with E-state index in [-0.39, 0.29) is 12.1 Å². The Balaban J connectivity index is 3.40. The predicted octanol–water partition coefficient (Wildman–Crippen LogP) is 2.35. The first-order valence-corrected chi connectivity index (χ1v) is 5.96. The third-order valence-corrected chi connectivity index (χ3v) is 2.12. The minimum absolute atomic E-state index is 0.0174. The van der Waals surface area contributed by atoms with Crippen LogP contribution in [-0.2, 0) is 9.53 Å². The van der Waals surface area contributed by atoms with Gasteiger partial charge in [0.2, 0.25) is 0 Å². The monoisotopic (exact) mass is 215 g/mol. The van der Waals surface area contributed by atoms with E-state index >= 15 is 0 Å². The second-order valence-corrected chi connectivity index (χ2v) is 4.44. The minimum Gasteiger partial charge on any atom is -0.461 e. The van der Waals surface area contributed by atoms with Gasteiger partial charge in [0.25, 0.3) is 0 Å². The largest absolute Gasteiger partial charge is 0.461 e. The van der Waals surface area contributed by atoms with Gasteiger partial charge in [-0.25, -0.2) is 0 Å². The molecule has 0 spiro atoms. The second kappa shape index (κ2) is 8.72. The molecule has 0 saturated heterocycles. The van der Waals surface area contributed by atoms with E-state index in [0.29, 0.717) is 6.42 Å². The number of carbonyl (C=O) groups is 1. The predicted molar refractivity (Wildman–Crippen MR) is 62.8 cm³/mol. The van der Waals surface area contributed by atoms with Crippen molar-refractivity contribution in [3.8, 4) is 0 Å². The summed E-state index contributed by atoms with van der Waals surface area (Å²) in [6.07, 6.45) is 2.52. The molecule has 0 fully saturated rings. The van der Waals surface area contributed by atoms with E-state index in [1.807, 2.05) is 13.8 Å². The minimum atomic E-state index is -0.0874. The van der Waals surface area contributed by atoms with Crippen molar-refractivity contribution in [3.63, 3.8) is 0 Å². The van der Waals surface area contributed by atoms with Crippen molar-refractivity contribution in [2.24, 2.45) is 5.92 Å². The van der Waals surface area contributed by atoms with Gasteiger partial charge in [0.15, 0.2) is 0 Å². The van der Waals surface area contributed by atoms with Crippen LogP contribution in [0.5, 0.6) is 0 Å². The Hall–Kier alpha value is -0.570. The van der Waals surface area contributed by atoms with Gasteiger partial charge in [-0.3, -0.25) is 4.79 Å². The van der Waals surface area contributed by atoms with Crippen LogP contribution in [0.1, 0.15) is 47.0 Å². The van der Waals surface area contributed by atoms with Crippen LogP contribution in [0.3, 0.4) is 0 Å². The molecule has 1 N–H and O–H groups in total. The summed E-state index contributed by atoms with van der Waals surface area (Å²) in [6.45, 7) is 10.1. The molecule has 1 unspecified atom stereocenters. The topological polar surface area (TPSA) is 38.3 Å². The Morgan fingerprint density at radius 3 is 2.53 bits per heavy atom. The van der Waals surface area contributed by atoms with Crippen molar-refractivity contribution < 1.29 is 9.53 Å². The zero-order valence-corrected chi connectivity index (χ0v) is 10.5. The molecule has 0 aromatic heterocycles. The van der Waals surface area contributed by atoms with Crippen molar-refractivity contribution in [2.45, 2.75) is 53.1 Å². The first kappa shape index (κ1) is 14.4. The lowest BCUT2D eigenvalue weighted by Gasteiger charge is -2.14. The van der Waals surface area contributed by atoms with Crippen LogP contribution in [0, 0.1) is 5.92 Å². The molecule has 3 nitrogen and oxygen atoms in total. The summed E-state index contributed by atoms with van der Waals surface area (Å²) >= 11 is 0. The van der Waals surface area contributed by atoms with Crippen LogP contribution in [-0.4, -0.2) is 25.2 Å². The van der Waals surface area contributed by atoms with E-state index in [0.717, 1.165) is 31.8 Å². The summed E-state index contributed by atoms with van der Waals surface area (Å²) in [7, 11) is 0. The molecule has 0 heterocycles. The third-order valence-electron chi connectivity index (χ3n) is 2.12. The summed E-state index contributed by atoms with van der Waals surface area (Å²) in [5.41, 5.74) is 0. The molecule has 90 valence electrons. The molecule has 0 aliphatic carbocycles. The van der Waals surface area contributed by atoms with Crippen molar-refractivity contribution in [2.75, 3.05) is 13.1 Å². The highest BCUT2D eigenvalue weighted by atomic mass is 16.5. The SMILES string of the molecule is CCCC(=O)OC(C)CNCCC(C)C. The lowest BCUT2D eigenvalue weighted by molar-refractivity contribution is -0.148. The van der Waals surface area contributed by atoms with E-state index in [1.54, 1.807) is 0 Å². The third kappa shape index (κ3) is 9.73. The zero-order chi connectivity index (χ0) is 11.7. The van der Waals surface area contributed by atoms with Crippen molar-refractivity contribution in [1.29, 1.82) is 0 Å². The average Bonchev–Trinajstić information content (AvgIpc) is 2.12. The van der Waals surface area contributed by atoms with Gasteiger partial charge in [0.05, 0.1) is 0 Å². The normalized spacial score (nSPS) is 12.9. The smallest absolute Gasteiger partial charge is 0.306 e. The highest BCUT2D eigenvalue weighted by molar-refractivity contribution is 5.69. The van der Waals surface area contributed by atoms with E-state index in [1.165, 1.54) is 0 Å². The number of hydrogen-bond donors (Lipinski definition) is 1.